The average Bonchev–Trinajstić information content (AvgIpc) is 3.71. The van der Waals surface area contributed by atoms with Crippen molar-refractivity contribution in [2.24, 2.45) is 0 Å². The number of anilines is 3. The first kappa shape index (κ1) is 35.1. The number of para-hydroxylation sites is 2. The lowest BCUT2D eigenvalue weighted by Gasteiger charge is -2.25. The Bertz CT molecular complexity index is 3190. The Hall–Kier alpha value is -8.08. The van der Waals surface area contributed by atoms with Crippen molar-refractivity contribution in [2.75, 3.05) is 4.90 Å². The number of aromatic nitrogens is 2. The summed E-state index contributed by atoms with van der Waals surface area (Å²) in [5.74, 6) is 0.693. The Morgan fingerprint density at radius 2 is 0.833 bits per heavy atom. The van der Waals surface area contributed by atoms with Crippen molar-refractivity contribution >= 4 is 49.8 Å². The smallest absolute Gasteiger partial charge is 0.161 e. The van der Waals surface area contributed by atoms with Gasteiger partial charge in [-0.1, -0.05) is 158 Å². The molecule has 0 aliphatic rings. The van der Waals surface area contributed by atoms with Gasteiger partial charge in [-0.05, 0) is 99.8 Å². The number of nitrogens with zero attached hydrogens (tertiary/aromatic N) is 3. The summed E-state index contributed by atoms with van der Waals surface area (Å²) in [5, 5.41) is 4.40. The van der Waals surface area contributed by atoms with Crippen LogP contribution in [0.1, 0.15) is 0 Å². The molecule has 0 bridgehead atoms. The molecule has 0 saturated carbocycles. The number of fused-ring (bicyclic) bond motifs is 4. The minimum absolute atomic E-state index is 0.693. The molecule has 11 rings (SSSR count). The molecule has 4 heteroatoms. The van der Waals surface area contributed by atoms with Gasteiger partial charge in [-0.15, -0.1) is 0 Å². The Kier molecular flexibility index (Phi) is 8.79. The molecule has 282 valence electrons. The fraction of sp³-hybridized carbons (Fsp3) is 0. The molecule has 0 atom stereocenters. The molecule has 0 aliphatic heterocycles. The molecule has 0 N–H and O–H groups in total. The highest BCUT2D eigenvalue weighted by molar-refractivity contribution is 6.16. The van der Waals surface area contributed by atoms with Gasteiger partial charge >= 0.3 is 0 Å². The molecular weight excluding hydrogens is 731 g/mol. The third-order valence-corrected chi connectivity index (χ3v) is 11.3. The van der Waals surface area contributed by atoms with E-state index in [1.165, 1.54) is 0 Å². The average molecular weight is 768 g/mol. The van der Waals surface area contributed by atoms with E-state index in [9.17, 15) is 0 Å². The Morgan fingerprint density at radius 1 is 0.317 bits per heavy atom. The maximum atomic E-state index is 6.64. The van der Waals surface area contributed by atoms with Gasteiger partial charge in [0.25, 0.3) is 0 Å². The molecule has 4 nitrogen and oxygen atoms in total. The van der Waals surface area contributed by atoms with E-state index in [4.69, 9.17) is 14.4 Å². The maximum absolute atomic E-state index is 6.64. The first-order chi connectivity index (χ1) is 29.7. The van der Waals surface area contributed by atoms with E-state index in [1.54, 1.807) is 0 Å². The lowest BCUT2D eigenvalue weighted by molar-refractivity contribution is 0.669. The van der Waals surface area contributed by atoms with Crippen LogP contribution in [0.2, 0.25) is 0 Å². The molecule has 11 aromatic rings. The highest BCUT2D eigenvalue weighted by atomic mass is 16.3. The van der Waals surface area contributed by atoms with Gasteiger partial charge < -0.3 is 9.32 Å². The molecule has 0 unspecified atom stereocenters. The highest BCUT2D eigenvalue weighted by Crippen LogP contribution is 2.43. The molecule has 0 aliphatic carbocycles. The van der Waals surface area contributed by atoms with Crippen LogP contribution in [-0.2, 0) is 0 Å². The number of benzene rings is 9. The quantitative estimate of drug-likeness (QED) is 0.154. The van der Waals surface area contributed by atoms with E-state index in [0.717, 1.165) is 100 Å². The largest absolute Gasteiger partial charge is 0.456 e. The zero-order valence-electron chi connectivity index (χ0n) is 32.6. The molecule has 0 fully saturated rings. The maximum Gasteiger partial charge on any atom is 0.161 e. The lowest BCUT2D eigenvalue weighted by atomic mass is 9.92. The van der Waals surface area contributed by atoms with Crippen LogP contribution in [0.3, 0.4) is 0 Å². The van der Waals surface area contributed by atoms with Gasteiger partial charge in [-0.2, -0.15) is 0 Å². The van der Waals surface area contributed by atoms with Gasteiger partial charge in [0.1, 0.15) is 11.2 Å². The standard InChI is InChI=1S/C56H37N3O/c1-5-16-39(17-6-1)51-37-52(40-18-7-2-8-19-40)58-56(57-51)49-35-34-47(45-24-13-14-25-46(45)49)48-26-15-27-53-55(48)50-33-30-41(36-54(50)60-53)38-28-31-44(32-29-38)59(42-20-9-3-10-21-42)43-22-11-4-12-23-43/h1-37H. The van der Waals surface area contributed by atoms with E-state index in [0.29, 0.717) is 5.82 Å². The fourth-order valence-corrected chi connectivity index (χ4v) is 8.44. The van der Waals surface area contributed by atoms with Crippen LogP contribution in [-0.4, -0.2) is 9.97 Å². The van der Waals surface area contributed by atoms with Crippen molar-refractivity contribution < 1.29 is 4.42 Å². The Balaban J connectivity index is 0.988. The summed E-state index contributed by atoms with van der Waals surface area (Å²) in [6.07, 6.45) is 0. The predicted molar refractivity (Wildman–Crippen MR) is 249 cm³/mol. The van der Waals surface area contributed by atoms with E-state index < -0.39 is 0 Å². The van der Waals surface area contributed by atoms with Crippen LogP contribution in [0.25, 0.3) is 88.9 Å². The van der Waals surface area contributed by atoms with Crippen molar-refractivity contribution in [2.45, 2.75) is 0 Å². The van der Waals surface area contributed by atoms with Crippen LogP contribution in [0.15, 0.2) is 229 Å². The van der Waals surface area contributed by atoms with Crippen LogP contribution < -0.4 is 4.90 Å². The second-order valence-corrected chi connectivity index (χ2v) is 14.9. The number of hydrogen-bond acceptors (Lipinski definition) is 4. The zero-order valence-corrected chi connectivity index (χ0v) is 32.6. The Labute approximate surface area is 348 Å². The molecule has 2 heterocycles. The molecule has 0 amide bonds. The molecule has 0 saturated heterocycles. The molecule has 0 radical (unpaired) electrons. The molecule has 2 aromatic heterocycles. The summed E-state index contributed by atoms with van der Waals surface area (Å²) in [6, 6.07) is 78.4. The number of hydrogen-bond donors (Lipinski definition) is 0. The fourth-order valence-electron chi connectivity index (χ4n) is 8.44. The number of furan rings is 1. The normalized spacial score (nSPS) is 11.3. The zero-order chi connectivity index (χ0) is 39.8. The van der Waals surface area contributed by atoms with Gasteiger partial charge in [0.2, 0.25) is 0 Å². The van der Waals surface area contributed by atoms with Crippen molar-refractivity contribution in [3.8, 4) is 56.2 Å². The Morgan fingerprint density at radius 3 is 1.45 bits per heavy atom. The number of rotatable bonds is 8. The summed E-state index contributed by atoms with van der Waals surface area (Å²) in [4.78, 5) is 12.6. The first-order valence-electron chi connectivity index (χ1n) is 20.2. The van der Waals surface area contributed by atoms with Gasteiger partial charge in [0.05, 0.1) is 11.4 Å². The van der Waals surface area contributed by atoms with Crippen LogP contribution in [0.5, 0.6) is 0 Å². The monoisotopic (exact) mass is 767 g/mol. The van der Waals surface area contributed by atoms with E-state index in [2.05, 4.69) is 193 Å². The molecule has 9 aromatic carbocycles. The lowest BCUT2D eigenvalue weighted by Crippen LogP contribution is -2.09. The van der Waals surface area contributed by atoms with Crippen LogP contribution in [0, 0.1) is 0 Å². The van der Waals surface area contributed by atoms with Gasteiger partial charge in [0.15, 0.2) is 5.82 Å². The topological polar surface area (TPSA) is 42.2 Å². The van der Waals surface area contributed by atoms with Crippen LogP contribution >= 0.6 is 0 Å². The SMILES string of the molecule is c1ccc(-c2cc(-c3ccccc3)nc(-c3ccc(-c4cccc5oc6cc(-c7ccc(N(c8ccccc8)c8ccccc8)cc7)ccc6c45)c4ccccc34)n2)cc1. The summed E-state index contributed by atoms with van der Waals surface area (Å²) in [6.45, 7) is 0. The molecule has 60 heavy (non-hydrogen) atoms. The van der Waals surface area contributed by atoms with E-state index in [1.807, 2.05) is 36.4 Å². The second-order valence-electron chi connectivity index (χ2n) is 14.9. The third kappa shape index (κ3) is 6.37. The summed E-state index contributed by atoms with van der Waals surface area (Å²) >= 11 is 0. The van der Waals surface area contributed by atoms with Crippen molar-refractivity contribution in [1.29, 1.82) is 0 Å². The predicted octanol–water partition coefficient (Wildman–Crippen LogP) is 15.3. The minimum Gasteiger partial charge on any atom is -0.456 e. The summed E-state index contributed by atoms with van der Waals surface area (Å²) in [7, 11) is 0. The van der Waals surface area contributed by atoms with Crippen molar-refractivity contribution in [3.63, 3.8) is 0 Å². The minimum atomic E-state index is 0.693. The highest BCUT2D eigenvalue weighted by Gasteiger charge is 2.19. The summed E-state index contributed by atoms with van der Waals surface area (Å²) in [5.41, 5.74) is 14.4. The molecular formula is C56H37N3O. The van der Waals surface area contributed by atoms with Crippen molar-refractivity contribution in [3.05, 3.63) is 224 Å². The van der Waals surface area contributed by atoms with Gasteiger partial charge in [-0.25, -0.2) is 9.97 Å². The van der Waals surface area contributed by atoms with E-state index in [-0.39, 0.29) is 0 Å². The molecule has 0 spiro atoms. The van der Waals surface area contributed by atoms with Crippen molar-refractivity contribution in [1.82, 2.24) is 9.97 Å². The van der Waals surface area contributed by atoms with Crippen LogP contribution in [0.4, 0.5) is 17.1 Å². The van der Waals surface area contributed by atoms with Gasteiger partial charge in [0, 0.05) is 44.5 Å². The first-order valence-corrected chi connectivity index (χ1v) is 20.2. The second kappa shape index (κ2) is 15.0. The van der Waals surface area contributed by atoms with E-state index >= 15 is 0 Å². The summed E-state index contributed by atoms with van der Waals surface area (Å²) < 4.78 is 6.64. The van der Waals surface area contributed by atoms with Gasteiger partial charge in [-0.3, -0.25) is 0 Å². The third-order valence-electron chi connectivity index (χ3n) is 11.3.